The van der Waals surface area contributed by atoms with E-state index in [0.717, 1.165) is 18.5 Å². The summed E-state index contributed by atoms with van der Waals surface area (Å²) in [6, 6.07) is -1.39. The summed E-state index contributed by atoms with van der Waals surface area (Å²) >= 11 is 1.30. The minimum atomic E-state index is -1.02. The van der Waals surface area contributed by atoms with Crippen molar-refractivity contribution in [2.75, 3.05) is 5.32 Å². The van der Waals surface area contributed by atoms with Gasteiger partial charge in [-0.3, -0.25) is 5.32 Å². The first-order valence-corrected chi connectivity index (χ1v) is 6.63. The van der Waals surface area contributed by atoms with Crippen molar-refractivity contribution in [3.8, 4) is 0 Å². The molecule has 0 aliphatic rings. The van der Waals surface area contributed by atoms with Gasteiger partial charge < -0.3 is 10.4 Å². The Kier molecular flexibility index (Phi) is 5.57. The zero-order valence-corrected chi connectivity index (χ0v) is 11.2. The predicted octanol–water partition coefficient (Wildman–Crippen LogP) is 2.22. The third kappa shape index (κ3) is 4.70. The van der Waals surface area contributed by atoms with Gasteiger partial charge in [0.05, 0.1) is 5.69 Å². The molecule has 2 amide bonds. The normalized spacial score (nSPS) is 11.9. The van der Waals surface area contributed by atoms with Crippen LogP contribution in [0.1, 0.15) is 31.9 Å². The lowest BCUT2D eigenvalue weighted by molar-refractivity contribution is -0.139. The predicted molar refractivity (Wildman–Crippen MR) is 70.0 cm³/mol. The van der Waals surface area contributed by atoms with Crippen LogP contribution in [0.25, 0.3) is 0 Å². The van der Waals surface area contributed by atoms with Crippen molar-refractivity contribution in [3.63, 3.8) is 0 Å². The lowest BCUT2D eigenvalue weighted by Gasteiger charge is -2.13. The van der Waals surface area contributed by atoms with Gasteiger partial charge in [0.1, 0.15) is 6.04 Å². The summed E-state index contributed by atoms with van der Waals surface area (Å²) in [5.41, 5.74) is 0.816. The van der Waals surface area contributed by atoms with Crippen LogP contribution >= 0.6 is 11.3 Å². The Morgan fingerprint density at radius 2 is 2.28 bits per heavy atom. The Morgan fingerprint density at radius 1 is 1.56 bits per heavy atom. The van der Waals surface area contributed by atoms with Crippen molar-refractivity contribution >= 4 is 28.5 Å². The maximum absolute atomic E-state index is 11.6. The number of hydrogen-bond donors (Lipinski definition) is 3. The quantitative estimate of drug-likeness (QED) is 0.739. The Bertz CT molecular complexity index is 419. The van der Waals surface area contributed by atoms with Gasteiger partial charge in [-0.1, -0.05) is 19.8 Å². The number of thiazole rings is 1. The highest BCUT2D eigenvalue weighted by Gasteiger charge is 2.19. The highest BCUT2D eigenvalue weighted by Crippen LogP contribution is 2.14. The van der Waals surface area contributed by atoms with Gasteiger partial charge in [0.25, 0.3) is 0 Å². The van der Waals surface area contributed by atoms with Crippen molar-refractivity contribution in [2.24, 2.45) is 0 Å². The fourth-order valence-corrected chi connectivity index (χ4v) is 2.05. The fraction of sp³-hybridized carbons (Fsp3) is 0.545. The minimum Gasteiger partial charge on any atom is -0.480 e. The van der Waals surface area contributed by atoms with Crippen molar-refractivity contribution in [2.45, 2.75) is 39.2 Å². The Labute approximate surface area is 109 Å². The molecule has 0 aliphatic heterocycles. The molecule has 7 heteroatoms. The van der Waals surface area contributed by atoms with E-state index in [9.17, 15) is 9.59 Å². The Balaban J connectivity index is 2.48. The lowest BCUT2D eigenvalue weighted by Crippen LogP contribution is -2.42. The molecule has 3 N–H and O–H groups in total. The molecule has 0 aromatic carbocycles. The molecule has 1 rings (SSSR count). The van der Waals surface area contributed by atoms with E-state index in [1.54, 1.807) is 5.38 Å². The topological polar surface area (TPSA) is 91.3 Å². The van der Waals surface area contributed by atoms with Crippen LogP contribution in [0.2, 0.25) is 0 Å². The zero-order valence-electron chi connectivity index (χ0n) is 10.4. The minimum absolute atomic E-state index is 0.427. The molecular weight excluding hydrogens is 254 g/mol. The Hall–Kier alpha value is -1.63. The van der Waals surface area contributed by atoms with E-state index < -0.39 is 18.0 Å². The molecule has 0 radical (unpaired) electrons. The maximum Gasteiger partial charge on any atom is 0.326 e. The number of unbranched alkanes of at least 4 members (excludes halogenated alkanes) is 1. The fourth-order valence-electron chi connectivity index (χ4n) is 1.37. The molecule has 100 valence electrons. The number of nitrogens with one attached hydrogen (secondary N) is 2. The number of urea groups is 1. The maximum atomic E-state index is 11.6. The molecule has 0 saturated carbocycles. The SMILES string of the molecule is CCCC[C@H](NC(=O)Nc1nc(C)cs1)C(=O)O. The average Bonchev–Trinajstić information content (AvgIpc) is 2.69. The van der Waals surface area contributed by atoms with Crippen molar-refractivity contribution in [1.29, 1.82) is 0 Å². The number of rotatable bonds is 6. The molecule has 0 aliphatic carbocycles. The van der Waals surface area contributed by atoms with E-state index >= 15 is 0 Å². The van der Waals surface area contributed by atoms with Crippen molar-refractivity contribution in [3.05, 3.63) is 11.1 Å². The monoisotopic (exact) mass is 271 g/mol. The number of carboxylic acid groups (broad SMARTS) is 1. The third-order valence-corrected chi connectivity index (χ3v) is 3.16. The smallest absolute Gasteiger partial charge is 0.326 e. The van der Waals surface area contributed by atoms with E-state index in [1.807, 2.05) is 13.8 Å². The highest BCUT2D eigenvalue weighted by molar-refractivity contribution is 7.13. The van der Waals surface area contributed by atoms with Gasteiger partial charge in [-0.05, 0) is 13.3 Å². The average molecular weight is 271 g/mol. The second kappa shape index (κ2) is 6.95. The van der Waals surface area contributed by atoms with Gasteiger partial charge in [-0.2, -0.15) is 0 Å². The summed E-state index contributed by atoms with van der Waals surface area (Å²) in [6.45, 7) is 3.79. The largest absolute Gasteiger partial charge is 0.480 e. The first-order chi connectivity index (χ1) is 8.52. The van der Waals surface area contributed by atoms with Crippen LogP contribution in [0.15, 0.2) is 5.38 Å². The summed E-state index contributed by atoms with van der Waals surface area (Å²) in [7, 11) is 0. The van der Waals surface area contributed by atoms with E-state index in [2.05, 4.69) is 15.6 Å². The number of carbonyl (C=O) groups is 2. The van der Waals surface area contributed by atoms with Gasteiger partial charge in [-0.25, -0.2) is 14.6 Å². The third-order valence-electron chi connectivity index (χ3n) is 2.29. The van der Waals surface area contributed by atoms with Crippen LogP contribution in [0, 0.1) is 6.92 Å². The van der Waals surface area contributed by atoms with E-state index in [1.165, 1.54) is 11.3 Å². The highest BCUT2D eigenvalue weighted by atomic mass is 32.1. The van der Waals surface area contributed by atoms with Crippen LogP contribution < -0.4 is 10.6 Å². The number of carboxylic acids is 1. The molecule has 1 aromatic rings. The number of anilines is 1. The van der Waals surface area contributed by atoms with Crippen LogP contribution in [0.5, 0.6) is 0 Å². The summed E-state index contributed by atoms with van der Waals surface area (Å²) in [4.78, 5) is 26.6. The van der Waals surface area contributed by atoms with Gasteiger partial charge in [0, 0.05) is 5.38 Å². The van der Waals surface area contributed by atoms with Crippen LogP contribution in [-0.4, -0.2) is 28.1 Å². The summed E-state index contributed by atoms with van der Waals surface area (Å²) in [5.74, 6) is -1.02. The molecule has 18 heavy (non-hydrogen) atoms. The van der Waals surface area contributed by atoms with Crippen molar-refractivity contribution < 1.29 is 14.7 Å². The van der Waals surface area contributed by atoms with Crippen LogP contribution in [-0.2, 0) is 4.79 Å². The zero-order chi connectivity index (χ0) is 13.5. The molecule has 1 heterocycles. The first kappa shape index (κ1) is 14.4. The number of aryl methyl sites for hydroxylation is 1. The van der Waals surface area contributed by atoms with Gasteiger partial charge in [0.2, 0.25) is 0 Å². The van der Waals surface area contributed by atoms with Crippen LogP contribution in [0.4, 0.5) is 9.93 Å². The summed E-state index contributed by atoms with van der Waals surface area (Å²) < 4.78 is 0. The molecule has 0 saturated heterocycles. The summed E-state index contributed by atoms with van der Waals surface area (Å²) in [5, 5.41) is 16.2. The molecular formula is C11H17N3O3S. The molecule has 0 spiro atoms. The second-order valence-electron chi connectivity index (χ2n) is 3.93. The Morgan fingerprint density at radius 3 is 2.78 bits per heavy atom. The molecule has 6 nitrogen and oxygen atoms in total. The molecule has 0 bridgehead atoms. The van der Waals surface area contributed by atoms with Crippen molar-refractivity contribution in [1.82, 2.24) is 10.3 Å². The molecule has 1 atom stereocenters. The van der Waals surface area contributed by atoms with E-state index in [4.69, 9.17) is 5.11 Å². The van der Waals surface area contributed by atoms with E-state index in [0.29, 0.717) is 11.6 Å². The second-order valence-corrected chi connectivity index (χ2v) is 4.78. The van der Waals surface area contributed by atoms with Crippen LogP contribution in [0.3, 0.4) is 0 Å². The number of nitrogens with zero attached hydrogens (tertiary/aromatic N) is 1. The van der Waals surface area contributed by atoms with Gasteiger partial charge >= 0.3 is 12.0 Å². The number of amides is 2. The lowest BCUT2D eigenvalue weighted by atomic mass is 10.1. The standard InChI is InChI=1S/C11H17N3O3S/c1-3-4-5-8(9(15)16)13-10(17)14-11-12-7(2)6-18-11/h6,8H,3-5H2,1-2H3,(H,15,16)(H2,12,13,14,17)/t8-/m0/s1. The molecule has 1 aromatic heterocycles. The van der Waals surface area contributed by atoms with Gasteiger partial charge in [0.15, 0.2) is 5.13 Å². The first-order valence-electron chi connectivity index (χ1n) is 5.75. The molecule has 0 unspecified atom stereocenters. The number of aliphatic carboxylic acids is 1. The van der Waals surface area contributed by atoms with Gasteiger partial charge in [-0.15, -0.1) is 11.3 Å². The molecule has 0 fully saturated rings. The number of hydrogen-bond acceptors (Lipinski definition) is 4. The van der Waals surface area contributed by atoms with E-state index in [-0.39, 0.29) is 0 Å². The number of carbonyl (C=O) groups excluding carboxylic acids is 1. The summed E-state index contributed by atoms with van der Waals surface area (Å²) in [6.07, 6.45) is 2.07. The number of aromatic nitrogens is 1.